The number of ether oxygens (including phenoxy) is 1. The summed E-state index contributed by atoms with van der Waals surface area (Å²) in [5.74, 6) is 5.60. The Morgan fingerprint density at radius 1 is 1.38 bits per heavy atom. The van der Waals surface area contributed by atoms with E-state index in [4.69, 9.17) is 22.2 Å². The van der Waals surface area contributed by atoms with E-state index >= 15 is 0 Å². The van der Waals surface area contributed by atoms with Crippen molar-refractivity contribution in [2.75, 3.05) is 6.61 Å². The van der Waals surface area contributed by atoms with E-state index in [1.54, 1.807) is 0 Å². The van der Waals surface area contributed by atoms with Crippen LogP contribution >= 0.6 is 11.6 Å². The van der Waals surface area contributed by atoms with Crippen LogP contribution in [0.15, 0.2) is 24.3 Å². The Balaban J connectivity index is 2.93. The molecule has 1 aromatic rings. The molecule has 0 aromatic heterocycles. The van der Waals surface area contributed by atoms with Crippen molar-refractivity contribution < 1.29 is 4.74 Å². The Labute approximate surface area is 102 Å². The van der Waals surface area contributed by atoms with Crippen molar-refractivity contribution in [1.29, 1.82) is 0 Å². The molecule has 0 fully saturated rings. The van der Waals surface area contributed by atoms with Gasteiger partial charge in [0.15, 0.2) is 0 Å². The second-order valence-corrected chi connectivity index (χ2v) is 4.62. The number of nitrogens with one attached hydrogen (secondary N) is 1. The fraction of sp³-hybridized carbons (Fsp3) is 0.500. The molecule has 0 aliphatic rings. The Kier molecular flexibility index (Phi) is 4.74. The fourth-order valence-corrected chi connectivity index (χ4v) is 1.93. The highest BCUT2D eigenvalue weighted by Crippen LogP contribution is 2.28. The van der Waals surface area contributed by atoms with Gasteiger partial charge in [0, 0.05) is 11.6 Å². The molecule has 16 heavy (non-hydrogen) atoms. The summed E-state index contributed by atoms with van der Waals surface area (Å²) in [7, 11) is 0. The molecule has 1 unspecified atom stereocenters. The Morgan fingerprint density at radius 2 is 1.94 bits per heavy atom. The lowest BCUT2D eigenvalue weighted by molar-refractivity contribution is -0.0392. The van der Waals surface area contributed by atoms with Crippen LogP contribution in [0.5, 0.6) is 0 Å². The summed E-state index contributed by atoms with van der Waals surface area (Å²) in [6, 6.07) is 7.54. The maximum absolute atomic E-state index is 5.85. The highest BCUT2D eigenvalue weighted by Gasteiger charge is 2.30. The normalized spacial score (nSPS) is 13.8. The SMILES string of the molecule is CCOC(C)(C)C(NN)c1ccc(Cl)cc1. The van der Waals surface area contributed by atoms with Crippen molar-refractivity contribution in [2.45, 2.75) is 32.4 Å². The lowest BCUT2D eigenvalue weighted by Gasteiger charge is -2.34. The van der Waals surface area contributed by atoms with Gasteiger partial charge in [-0.25, -0.2) is 0 Å². The molecule has 0 aliphatic carbocycles. The summed E-state index contributed by atoms with van der Waals surface area (Å²) < 4.78 is 5.69. The molecule has 0 heterocycles. The zero-order valence-electron chi connectivity index (χ0n) is 9.96. The van der Waals surface area contributed by atoms with Crippen molar-refractivity contribution >= 4 is 11.6 Å². The van der Waals surface area contributed by atoms with Crippen LogP contribution in [0.1, 0.15) is 32.4 Å². The molecule has 1 aromatic carbocycles. The number of benzene rings is 1. The number of nitrogens with two attached hydrogens (primary N) is 1. The van der Waals surface area contributed by atoms with Gasteiger partial charge in [0.25, 0.3) is 0 Å². The third-order valence-corrected chi connectivity index (χ3v) is 2.83. The van der Waals surface area contributed by atoms with Gasteiger partial charge in [-0.3, -0.25) is 11.3 Å². The Morgan fingerprint density at radius 3 is 2.38 bits per heavy atom. The minimum atomic E-state index is -0.364. The molecule has 0 saturated heterocycles. The highest BCUT2D eigenvalue weighted by molar-refractivity contribution is 6.30. The van der Waals surface area contributed by atoms with Crippen molar-refractivity contribution in [1.82, 2.24) is 5.43 Å². The summed E-state index contributed by atoms with van der Waals surface area (Å²) in [6.45, 7) is 6.64. The van der Waals surface area contributed by atoms with Crippen LogP contribution in [0.2, 0.25) is 5.02 Å². The zero-order valence-corrected chi connectivity index (χ0v) is 10.7. The third kappa shape index (κ3) is 3.19. The van der Waals surface area contributed by atoms with E-state index < -0.39 is 0 Å². The molecule has 3 nitrogen and oxygen atoms in total. The van der Waals surface area contributed by atoms with Crippen LogP contribution in [0.3, 0.4) is 0 Å². The topological polar surface area (TPSA) is 47.3 Å². The van der Waals surface area contributed by atoms with Gasteiger partial charge in [0.1, 0.15) is 0 Å². The molecule has 0 saturated carbocycles. The Hall–Kier alpha value is -0.610. The van der Waals surface area contributed by atoms with Gasteiger partial charge in [0.2, 0.25) is 0 Å². The van der Waals surface area contributed by atoms with Crippen molar-refractivity contribution in [3.05, 3.63) is 34.9 Å². The highest BCUT2D eigenvalue weighted by atomic mass is 35.5. The van der Waals surface area contributed by atoms with Gasteiger partial charge >= 0.3 is 0 Å². The van der Waals surface area contributed by atoms with E-state index in [2.05, 4.69) is 5.43 Å². The van der Waals surface area contributed by atoms with Crippen LogP contribution < -0.4 is 11.3 Å². The number of hydrogen-bond donors (Lipinski definition) is 2. The second kappa shape index (κ2) is 5.64. The van der Waals surface area contributed by atoms with Crippen LogP contribution in [0.25, 0.3) is 0 Å². The molecule has 90 valence electrons. The molecule has 0 radical (unpaired) electrons. The zero-order chi connectivity index (χ0) is 12.2. The van der Waals surface area contributed by atoms with E-state index in [1.807, 2.05) is 45.0 Å². The first-order valence-corrected chi connectivity index (χ1v) is 5.74. The minimum absolute atomic E-state index is 0.0651. The van der Waals surface area contributed by atoms with Crippen LogP contribution in [0.4, 0.5) is 0 Å². The summed E-state index contributed by atoms with van der Waals surface area (Å²) in [5, 5.41) is 0.716. The van der Waals surface area contributed by atoms with Crippen molar-refractivity contribution in [3.63, 3.8) is 0 Å². The van der Waals surface area contributed by atoms with Crippen LogP contribution in [0, 0.1) is 0 Å². The van der Waals surface area contributed by atoms with Crippen LogP contribution in [-0.4, -0.2) is 12.2 Å². The molecular formula is C12H19ClN2O. The molecule has 1 rings (SSSR count). The summed E-state index contributed by atoms with van der Waals surface area (Å²) in [5.41, 5.74) is 3.49. The van der Waals surface area contributed by atoms with E-state index in [0.29, 0.717) is 11.6 Å². The predicted molar refractivity (Wildman–Crippen MR) is 67.2 cm³/mol. The van der Waals surface area contributed by atoms with Gasteiger partial charge in [0.05, 0.1) is 11.6 Å². The van der Waals surface area contributed by atoms with Crippen molar-refractivity contribution in [2.24, 2.45) is 5.84 Å². The average molecular weight is 243 g/mol. The minimum Gasteiger partial charge on any atom is -0.374 e. The monoisotopic (exact) mass is 242 g/mol. The molecule has 3 N–H and O–H groups in total. The standard InChI is InChI=1S/C12H19ClN2O/c1-4-16-12(2,3)11(15-14)9-5-7-10(13)8-6-9/h5-8,11,15H,4,14H2,1-3H3. The summed E-state index contributed by atoms with van der Waals surface area (Å²) in [4.78, 5) is 0. The van der Waals surface area contributed by atoms with Gasteiger partial charge in [-0.15, -0.1) is 0 Å². The maximum Gasteiger partial charge on any atom is 0.0833 e. The molecule has 4 heteroatoms. The van der Waals surface area contributed by atoms with E-state index in [-0.39, 0.29) is 11.6 Å². The first-order chi connectivity index (χ1) is 7.51. The first-order valence-electron chi connectivity index (χ1n) is 5.36. The predicted octanol–water partition coefficient (Wildman–Crippen LogP) is 2.66. The first kappa shape index (κ1) is 13.5. The quantitative estimate of drug-likeness (QED) is 0.617. The third-order valence-electron chi connectivity index (χ3n) is 2.58. The van der Waals surface area contributed by atoms with Gasteiger partial charge in [-0.2, -0.15) is 0 Å². The molecule has 0 aliphatic heterocycles. The maximum atomic E-state index is 5.85. The van der Waals surface area contributed by atoms with Crippen LogP contribution in [-0.2, 0) is 4.74 Å². The molecule has 0 amide bonds. The van der Waals surface area contributed by atoms with E-state index in [0.717, 1.165) is 5.56 Å². The molecule has 1 atom stereocenters. The molecular weight excluding hydrogens is 224 g/mol. The molecule has 0 spiro atoms. The van der Waals surface area contributed by atoms with Gasteiger partial charge in [-0.1, -0.05) is 23.7 Å². The summed E-state index contributed by atoms with van der Waals surface area (Å²) in [6.07, 6.45) is 0. The molecule has 0 bridgehead atoms. The smallest absolute Gasteiger partial charge is 0.0833 e. The van der Waals surface area contributed by atoms with Crippen molar-refractivity contribution in [3.8, 4) is 0 Å². The summed E-state index contributed by atoms with van der Waals surface area (Å²) >= 11 is 5.85. The number of halogens is 1. The van der Waals surface area contributed by atoms with Gasteiger partial charge in [-0.05, 0) is 38.5 Å². The fourth-order valence-electron chi connectivity index (χ4n) is 1.81. The average Bonchev–Trinajstić information content (AvgIpc) is 2.21. The Bertz CT molecular complexity index is 324. The van der Waals surface area contributed by atoms with E-state index in [1.165, 1.54) is 0 Å². The largest absolute Gasteiger partial charge is 0.374 e. The van der Waals surface area contributed by atoms with Gasteiger partial charge < -0.3 is 4.74 Å². The second-order valence-electron chi connectivity index (χ2n) is 4.19. The number of rotatable bonds is 5. The lowest BCUT2D eigenvalue weighted by Crippen LogP contribution is -2.44. The number of hydrogen-bond acceptors (Lipinski definition) is 3. The lowest BCUT2D eigenvalue weighted by atomic mass is 9.92. The number of hydrazine groups is 1. The van der Waals surface area contributed by atoms with E-state index in [9.17, 15) is 0 Å².